The number of halogens is 1. The molecule has 0 saturated carbocycles. The highest BCUT2D eigenvalue weighted by atomic mass is 35.5. The Kier molecular flexibility index (Phi) is 4.54. The smallest absolute Gasteiger partial charge is 0.357 e. The predicted molar refractivity (Wildman–Crippen MR) is 84.2 cm³/mol. The van der Waals surface area contributed by atoms with Crippen molar-refractivity contribution in [1.29, 1.82) is 0 Å². The summed E-state index contributed by atoms with van der Waals surface area (Å²) in [6.45, 7) is 0. The quantitative estimate of drug-likeness (QED) is 0.625. The zero-order valence-corrected chi connectivity index (χ0v) is 13.7. The highest BCUT2D eigenvalue weighted by Gasteiger charge is 2.31. The van der Waals surface area contributed by atoms with Gasteiger partial charge in [-0.15, -0.1) is 11.3 Å². The van der Waals surface area contributed by atoms with Crippen LogP contribution in [0.15, 0.2) is 23.7 Å². The van der Waals surface area contributed by atoms with Crippen LogP contribution in [0.4, 0.5) is 16.4 Å². The molecule has 23 heavy (non-hydrogen) atoms. The summed E-state index contributed by atoms with van der Waals surface area (Å²) in [6.07, 6.45) is 0.827. The lowest BCUT2D eigenvalue weighted by molar-refractivity contribution is -0.384. The van der Waals surface area contributed by atoms with Crippen molar-refractivity contribution in [1.82, 2.24) is 4.98 Å². The summed E-state index contributed by atoms with van der Waals surface area (Å²) in [5.41, 5.74) is -0.0697. The van der Waals surface area contributed by atoms with E-state index in [0.717, 1.165) is 29.2 Å². The Morgan fingerprint density at radius 2 is 2.13 bits per heavy atom. The molecule has 0 bridgehead atoms. The van der Waals surface area contributed by atoms with Gasteiger partial charge in [-0.3, -0.25) is 10.1 Å². The minimum Gasteiger partial charge on any atom is -0.476 e. The second-order valence-electron chi connectivity index (χ2n) is 4.21. The van der Waals surface area contributed by atoms with E-state index in [1.54, 1.807) is 0 Å². The van der Waals surface area contributed by atoms with Gasteiger partial charge >= 0.3 is 5.97 Å². The zero-order chi connectivity index (χ0) is 17.4. The van der Waals surface area contributed by atoms with Gasteiger partial charge < -0.3 is 5.11 Å². The normalized spacial score (nSPS) is 11.2. The molecule has 1 aromatic heterocycles. The van der Waals surface area contributed by atoms with Gasteiger partial charge in [0.1, 0.15) is 10.0 Å². The number of nitro groups is 1. The largest absolute Gasteiger partial charge is 0.476 e. The lowest BCUT2D eigenvalue weighted by Crippen LogP contribution is -2.26. The third-order valence-electron chi connectivity index (χ3n) is 2.64. The van der Waals surface area contributed by atoms with Crippen molar-refractivity contribution in [2.24, 2.45) is 0 Å². The molecular formula is C11H8ClN3O6S2. The third kappa shape index (κ3) is 3.25. The Morgan fingerprint density at radius 1 is 1.48 bits per heavy atom. The molecule has 2 aromatic rings. The van der Waals surface area contributed by atoms with Gasteiger partial charge in [0, 0.05) is 6.07 Å². The number of rotatable bonds is 5. The standard InChI is InChI=1S/C11H8ClN3O6S2/c1-23(20,21)14(10-9(11(16)17)13-5-22-10)6-3-2-4-7(8(6)12)15(18)19/h2-5H,1H3,(H,16,17). The molecule has 12 heteroatoms. The highest BCUT2D eigenvalue weighted by Crippen LogP contribution is 2.41. The summed E-state index contributed by atoms with van der Waals surface area (Å²) in [5, 5.41) is 19.4. The summed E-state index contributed by atoms with van der Waals surface area (Å²) in [4.78, 5) is 25.0. The summed E-state index contributed by atoms with van der Waals surface area (Å²) in [7, 11) is -4.03. The fourth-order valence-electron chi connectivity index (χ4n) is 1.78. The Morgan fingerprint density at radius 3 is 2.65 bits per heavy atom. The summed E-state index contributed by atoms with van der Waals surface area (Å²) in [5.74, 6) is -1.43. The average Bonchev–Trinajstić information content (AvgIpc) is 2.88. The summed E-state index contributed by atoms with van der Waals surface area (Å²) >= 11 is 6.70. The van der Waals surface area contributed by atoms with Gasteiger partial charge in [-0.25, -0.2) is 22.5 Å². The van der Waals surface area contributed by atoms with Gasteiger partial charge in [0.2, 0.25) is 10.0 Å². The first-order chi connectivity index (χ1) is 10.6. The number of hydrogen-bond acceptors (Lipinski definition) is 7. The molecule has 0 atom stereocenters. The van der Waals surface area contributed by atoms with E-state index in [9.17, 15) is 23.3 Å². The number of carbonyl (C=O) groups is 1. The number of aromatic carboxylic acids is 1. The first-order valence-corrected chi connectivity index (χ1v) is 8.85. The highest BCUT2D eigenvalue weighted by molar-refractivity contribution is 7.92. The van der Waals surface area contributed by atoms with E-state index < -0.39 is 37.3 Å². The lowest BCUT2D eigenvalue weighted by Gasteiger charge is -2.21. The van der Waals surface area contributed by atoms with Crippen molar-refractivity contribution < 1.29 is 23.2 Å². The van der Waals surface area contributed by atoms with Gasteiger partial charge in [0.25, 0.3) is 5.69 Å². The van der Waals surface area contributed by atoms with Crippen molar-refractivity contribution >= 4 is 55.3 Å². The van der Waals surface area contributed by atoms with Crippen molar-refractivity contribution in [3.05, 3.63) is 44.5 Å². The van der Waals surface area contributed by atoms with E-state index in [4.69, 9.17) is 16.7 Å². The number of aromatic nitrogens is 1. The van der Waals surface area contributed by atoms with E-state index >= 15 is 0 Å². The number of thiazole rings is 1. The monoisotopic (exact) mass is 377 g/mol. The maximum Gasteiger partial charge on any atom is 0.357 e. The lowest BCUT2D eigenvalue weighted by atomic mass is 10.2. The maximum atomic E-state index is 12.1. The van der Waals surface area contributed by atoms with Crippen molar-refractivity contribution in [2.75, 3.05) is 10.6 Å². The second kappa shape index (κ2) is 6.10. The Hall–Kier alpha value is -2.24. The number of nitrogens with zero attached hydrogens (tertiary/aromatic N) is 3. The van der Waals surface area contributed by atoms with Crippen LogP contribution < -0.4 is 4.31 Å². The Balaban J connectivity index is 2.77. The molecule has 0 saturated heterocycles. The number of sulfonamides is 1. The van der Waals surface area contributed by atoms with E-state index in [1.807, 2.05) is 0 Å². The van der Waals surface area contributed by atoms with Crippen LogP contribution in [-0.4, -0.2) is 35.7 Å². The number of anilines is 2. The Labute approximate surface area is 139 Å². The minimum atomic E-state index is -4.03. The molecular weight excluding hydrogens is 370 g/mol. The molecule has 2 rings (SSSR count). The third-order valence-corrected chi connectivity index (χ3v) is 5.00. The van der Waals surface area contributed by atoms with E-state index in [1.165, 1.54) is 12.1 Å². The van der Waals surface area contributed by atoms with Crippen LogP contribution in [0.25, 0.3) is 0 Å². The molecule has 0 radical (unpaired) electrons. The zero-order valence-electron chi connectivity index (χ0n) is 11.3. The minimum absolute atomic E-state index is 0.220. The Bertz CT molecular complexity index is 895. The molecule has 0 unspecified atom stereocenters. The van der Waals surface area contributed by atoms with Gasteiger partial charge in [-0.2, -0.15) is 0 Å². The van der Waals surface area contributed by atoms with E-state index in [-0.39, 0.29) is 10.7 Å². The van der Waals surface area contributed by atoms with Crippen LogP contribution in [0.1, 0.15) is 10.5 Å². The molecule has 1 heterocycles. The second-order valence-corrected chi connectivity index (χ2v) is 7.25. The van der Waals surface area contributed by atoms with Crippen LogP contribution in [0, 0.1) is 10.1 Å². The van der Waals surface area contributed by atoms with Crippen LogP contribution >= 0.6 is 22.9 Å². The maximum absolute atomic E-state index is 12.1. The number of hydrogen-bond donors (Lipinski definition) is 1. The van der Waals surface area contributed by atoms with Crippen molar-refractivity contribution in [3.8, 4) is 0 Å². The van der Waals surface area contributed by atoms with Crippen LogP contribution in [0.2, 0.25) is 5.02 Å². The molecule has 122 valence electrons. The van der Waals surface area contributed by atoms with Gasteiger partial charge in [0.05, 0.1) is 22.4 Å². The molecule has 1 aromatic carbocycles. The number of nitro benzene ring substituents is 1. The number of carboxylic acids is 1. The summed E-state index contributed by atoms with van der Waals surface area (Å²) in [6, 6.07) is 3.60. The molecule has 0 aliphatic rings. The van der Waals surface area contributed by atoms with Gasteiger partial charge in [-0.1, -0.05) is 17.7 Å². The summed E-state index contributed by atoms with van der Waals surface area (Å²) < 4.78 is 24.9. The number of benzene rings is 1. The molecule has 0 amide bonds. The van der Waals surface area contributed by atoms with Crippen LogP contribution in [0.5, 0.6) is 0 Å². The average molecular weight is 378 g/mol. The van der Waals surface area contributed by atoms with Gasteiger partial charge in [0.15, 0.2) is 5.69 Å². The predicted octanol–water partition coefficient (Wildman–Crippen LogP) is 2.50. The van der Waals surface area contributed by atoms with Crippen LogP contribution in [0.3, 0.4) is 0 Å². The first kappa shape index (κ1) is 17.1. The fourth-order valence-corrected chi connectivity index (χ4v) is 4.24. The van der Waals surface area contributed by atoms with E-state index in [0.29, 0.717) is 4.31 Å². The molecule has 0 spiro atoms. The molecule has 0 aliphatic heterocycles. The molecule has 9 nitrogen and oxygen atoms in total. The SMILES string of the molecule is CS(=O)(=O)N(c1cccc([N+](=O)[O-])c1Cl)c1scnc1C(=O)O. The molecule has 0 fully saturated rings. The molecule has 1 N–H and O–H groups in total. The van der Waals surface area contributed by atoms with Crippen LogP contribution in [-0.2, 0) is 10.0 Å². The fraction of sp³-hybridized carbons (Fsp3) is 0.0909. The van der Waals surface area contributed by atoms with Crippen molar-refractivity contribution in [3.63, 3.8) is 0 Å². The topological polar surface area (TPSA) is 131 Å². The van der Waals surface area contributed by atoms with E-state index in [2.05, 4.69) is 4.98 Å². The number of carboxylic acid groups (broad SMARTS) is 1. The molecule has 0 aliphatic carbocycles. The first-order valence-electron chi connectivity index (χ1n) is 5.74. The van der Waals surface area contributed by atoms with Crippen molar-refractivity contribution in [2.45, 2.75) is 0 Å². The van der Waals surface area contributed by atoms with Gasteiger partial charge in [-0.05, 0) is 6.07 Å².